The molecule has 1 aliphatic rings. The molecule has 0 radical (unpaired) electrons. The molecule has 114 valence electrons. The Morgan fingerprint density at radius 3 is 2.86 bits per heavy atom. The molecule has 2 rings (SSSR count). The number of hydrogen-bond acceptors (Lipinski definition) is 2. The first-order chi connectivity index (χ1) is 10.0. The zero-order chi connectivity index (χ0) is 15.4. The molecule has 1 aliphatic carbocycles. The van der Waals surface area contributed by atoms with Crippen LogP contribution in [0.1, 0.15) is 24.9 Å². The molecule has 0 aliphatic heterocycles. The highest BCUT2D eigenvalue weighted by atomic mass is 19.2. The number of urea groups is 1. The Kier molecular flexibility index (Phi) is 4.90. The van der Waals surface area contributed by atoms with Crippen LogP contribution < -0.4 is 10.6 Å². The van der Waals surface area contributed by atoms with E-state index in [4.69, 9.17) is 5.11 Å². The van der Waals surface area contributed by atoms with E-state index in [9.17, 15) is 13.6 Å². The first-order valence-corrected chi connectivity index (χ1v) is 6.81. The predicted molar refractivity (Wildman–Crippen MR) is 74.6 cm³/mol. The van der Waals surface area contributed by atoms with Crippen LogP contribution in [0.2, 0.25) is 0 Å². The van der Waals surface area contributed by atoms with Gasteiger partial charge in [0.25, 0.3) is 0 Å². The van der Waals surface area contributed by atoms with Gasteiger partial charge in [-0.2, -0.15) is 0 Å². The highest BCUT2D eigenvalue weighted by molar-refractivity contribution is 5.75. The Balaban J connectivity index is 1.91. The quantitative estimate of drug-likeness (QED) is 0.746. The number of rotatable bonds is 4. The fourth-order valence-corrected chi connectivity index (χ4v) is 2.36. The maximum atomic E-state index is 13.6. The van der Waals surface area contributed by atoms with Gasteiger partial charge in [0.15, 0.2) is 11.6 Å². The third-order valence-electron chi connectivity index (χ3n) is 3.52. The van der Waals surface area contributed by atoms with E-state index in [1.807, 2.05) is 12.2 Å². The number of nitrogens with one attached hydrogen (secondary N) is 2. The lowest BCUT2D eigenvalue weighted by molar-refractivity contribution is 0.229. The summed E-state index contributed by atoms with van der Waals surface area (Å²) in [7, 11) is 0. The first kappa shape index (κ1) is 15.4. The van der Waals surface area contributed by atoms with Crippen molar-refractivity contribution in [3.05, 3.63) is 47.5 Å². The smallest absolute Gasteiger partial charge is 0.315 e. The Hall–Kier alpha value is -1.95. The number of aliphatic hydroxyl groups is 1. The maximum absolute atomic E-state index is 13.6. The van der Waals surface area contributed by atoms with E-state index in [1.165, 1.54) is 12.1 Å². The highest BCUT2D eigenvalue weighted by Crippen LogP contribution is 2.19. The normalized spacial score (nSPS) is 22.1. The minimum absolute atomic E-state index is 0.0429. The van der Waals surface area contributed by atoms with E-state index in [-0.39, 0.29) is 24.1 Å². The molecule has 2 amide bonds. The standard InChI is InChI=1S/C15H18F2N2O2/c1-9(12-3-2-4-13(16)14(12)17)18-15(21)19-11-6-5-10(7-11)8-20/h2-6,9-11,20H,7-8H2,1H3,(H2,18,19,21)/t9?,10-,11+/m0/s1. The molecular formula is C15H18F2N2O2. The maximum Gasteiger partial charge on any atom is 0.315 e. The Morgan fingerprint density at radius 1 is 1.43 bits per heavy atom. The molecule has 1 aromatic rings. The van der Waals surface area contributed by atoms with Crippen LogP contribution in [0.3, 0.4) is 0 Å². The summed E-state index contributed by atoms with van der Waals surface area (Å²) in [5, 5.41) is 14.3. The Labute approximate surface area is 121 Å². The van der Waals surface area contributed by atoms with Gasteiger partial charge in [0.05, 0.1) is 6.04 Å². The summed E-state index contributed by atoms with van der Waals surface area (Å²) in [6.07, 6.45) is 4.29. The van der Waals surface area contributed by atoms with Crippen molar-refractivity contribution in [2.24, 2.45) is 5.92 Å². The second-order valence-electron chi connectivity index (χ2n) is 5.15. The molecule has 0 spiro atoms. The third kappa shape index (κ3) is 3.78. The third-order valence-corrected chi connectivity index (χ3v) is 3.52. The van der Waals surface area contributed by atoms with Gasteiger partial charge in [0.2, 0.25) is 0 Å². The molecule has 1 unspecified atom stereocenters. The van der Waals surface area contributed by atoms with Crippen molar-refractivity contribution >= 4 is 6.03 Å². The Morgan fingerprint density at radius 2 is 2.19 bits per heavy atom. The van der Waals surface area contributed by atoms with Crippen LogP contribution in [0.15, 0.2) is 30.4 Å². The fourth-order valence-electron chi connectivity index (χ4n) is 2.36. The van der Waals surface area contributed by atoms with Gasteiger partial charge in [-0.15, -0.1) is 0 Å². The molecule has 0 saturated heterocycles. The zero-order valence-corrected chi connectivity index (χ0v) is 11.6. The number of carbonyl (C=O) groups excluding carboxylic acids is 1. The van der Waals surface area contributed by atoms with Crippen LogP contribution in [0.25, 0.3) is 0 Å². The molecule has 21 heavy (non-hydrogen) atoms. The van der Waals surface area contributed by atoms with Crippen LogP contribution in [0.4, 0.5) is 13.6 Å². The minimum Gasteiger partial charge on any atom is -0.396 e. The lowest BCUT2D eigenvalue weighted by atomic mass is 10.1. The van der Waals surface area contributed by atoms with E-state index >= 15 is 0 Å². The SMILES string of the molecule is CC(NC(=O)N[C@@H]1C=C[C@H](CO)C1)c1cccc(F)c1F. The lowest BCUT2D eigenvalue weighted by Gasteiger charge is -2.18. The van der Waals surface area contributed by atoms with E-state index < -0.39 is 23.7 Å². The lowest BCUT2D eigenvalue weighted by Crippen LogP contribution is -2.42. The minimum atomic E-state index is -0.952. The largest absolute Gasteiger partial charge is 0.396 e. The fraction of sp³-hybridized carbons (Fsp3) is 0.400. The van der Waals surface area contributed by atoms with Gasteiger partial charge in [-0.05, 0) is 19.4 Å². The predicted octanol–water partition coefficient (Wildman–Crippen LogP) is 2.26. The van der Waals surface area contributed by atoms with Gasteiger partial charge >= 0.3 is 6.03 Å². The number of hydrogen-bond donors (Lipinski definition) is 3. The van der Waals surface area contributed by atoms with Crippen LogP contribution in [-0.4, -0.2) is 23.8 Å². The molecular weight excluding hydrogens is 278 g/mol. The first-order valence-electron chi connectivity index (χ1n) is 6.81. The van der Waals surface area contributed by atoms with Crippen molar-refractivity contribution in [1.82, 2.24) is 10.6 Å². The van der Waals surface area contributed by atoms with Crippen molar-refractivity contribution < 1.29 is 18.7 Å². The summed E-state index contributed by atoms with van der Waals surface area (Å²) in [5.41, 5.74) is 0.0975. The number of amides is 2. The summed E-state index contributed by atoms with van der Waals surface area (Å²) in [5.74, 6) is -1.84. The second kappa shape index (κ2) is 6.67. The average Bonchev–Trinajstić information content (AvgIpc) is 2.89. The van der Waals surface area contributed by atoms with Gasteiger partial charge in [-0.1, -0.05) is 24.3 Å². The summed E-state index contributed by atoms with van der Waals surface area (Å²) in [6.45, 7) is 1.62. The van der Waals surface area contributed by atoms with Crippen molar-refractivity contribution in [3.63, 3.8) is 0 Å². The summed E-state index contributed by atoms with van der Waals surface area (Å²) in [4.78, 5) is 11.8. The molecule has 3 N–H and O–H groups in total. The molecule has 0 bridgehead atoms. The summed E-state index contributed by atoms with van der Waals surface area (Å²) < 4.78 is 26.8. The highest BCUT2D eigenvalue weighted by Gasteiger charge is 2.21. The molecule has 1 aromatic carbocycles. The topological polar surface area (TPSA) is 61.4 Å². The van der Waals surface area contributed by atoms with E-state index in [1.54, 1.807) is 6.92 Å². The average molecular weight is 296 g/mol. The van der Waals surface area contributed by atoms with Gasteiger partial charge < -0.3 is 15.7 Å². The zero-order valence-electron chi connectivity index (χ0n) is 11.6. The van der Waals surface area contributed by atoms with Crippen molar-refractivity contribution in [2.75, 3.05) is 6.61 Å². The van der Waals surface area contributed by atoms with Crippen molar-refractivity contribution in [3.8, 4) is 0 Å². The van der Waals surface area contributed by atoms with Crippen LogP contribution in [0.5, 0.6) is 0 Å². The molecule has 0 heterocycles. The molecule has 4 nitrogen and oxygen atoms in total. The van der Waals surface area contributed by atoms with Crippen LogP contribution >= 0.6 is 0 Å². The monoisotopic (exact) mass is 296 g/mol. The van der Waals surface area contributed by atoms with Gasteiger partial charge in [-0.3, -0.25) is 0 Å². The van der Waals surface area contributed by atoms with Crippen LogP contribution in [0, 0.1) is 17.6 Å². The number of carbonyl (C=O) groups is 1. The van der Waals surface area contributed by atoms with Gasteiger partial charge in [0, 0.05) is 24.1 Å². The molecule has 0 fully saturated rings. The van der Waals surface area contributed by atoms with E-state index in [0.29, 0.717) is 6.42 Å². The van der Waals surface area contributed by atoms with Crippen molar-refractivity contribution in [2.45, 2.75) is 25.4 Å². The van der Waals surface area contributed by atoms with E-state index in [2.05, 4.69) is 10.6 Å². The van der Waals surface area contributed by atoms with Gasteiger partial charge in [0.1, 0.15) is 0 Å². The molecule has 0 aromatic heterocycles. The molecule has 3 atom stereocenters. The van der Waals surface area contributed by atoms with Gasteiger partial charge in [-0.25, -0.2) is 13.6 Å². The van der Waals surface area contributed by atoms with Crippen molar-refractivity contribution in [1.29, 1.82) is 0 Å². The molecule has 6 heteroatoms. The number of benzene rings is 1. The van der Waals surface area contributed by atoms with Crippen LogP contribution in [-0.2, 0) is 0 Å². The van der Waals surface area contributed by atoms with E-state index in [0.717, 1.165) is 6.07 Å². The number of aliphatic hydroxyl groups excluding tert-OH is 1. The summed E-state index contributed by atoms with van der Waals surface area (Å²) in [6, 6.07) is 2.59. The second-order valence-corrected chi connectivity index (χ2v) is 5.15. The summed E-state index contributed by atoms with van der Waals surface area (Å²) >= 11 is 0. The molecule has 0 saturated carbocycles. The number of halogens is 2. The Bertz CT molecular complexity index is 548.